The molecule has 0 aliphatic heterocycles. The number of halogens is 5. The van der Waals surface area contributed by atoms with Crippen molar-refractivity contribution < 1.29 is 31.9 Å². The van der Waals surface area contributed by atoms with Crippen molar-refractivity contribution in [3.63, 3.8) is 0 Å². The summed E-state index contributed by atoms with van der Waals surface area (Å²) in [5.41, 5.74) is -2.52. The highest BCUT2D eigenvalue weighted by atomic mass is 19.2. The minimum Gasteiger partial charge on any atom is -0.503 e. The Morgan fingerprint density at radius 1 is 1.00 bits per heavy atom. The quantitative estimate of drug-likeness (QED) is 0.523. The lowest BCUT2D eigenvalue weighted by molar-refractivity contribution is 0.102. The highest BCUT2D eigenvalue weighted by Gasteiger charge is 2.30. The van der Waals surface area contributed by atoms with Crippen LogP contribution in [0.2, 0.25) is 0 Å². The average Bonchev–Trinajstić information content (AvgIpc) is 2.43. The van der Waals surface area contributed by atoms with E-state index in [1.165, 1.54) is 0 Å². The molecule has 0 fully saturated rings. The molecule has 0 unspecified atom stereocenters. The molecule has 0 spiro atoms. The molecule has 103 valence electrons. The van der Waals surface area contributed by atoms with E-state index in [0.717, 1.165) is 18.2 Å². The van der Waals surface area contributed by atoms with Crippen molar-refractivity contribution in [2.45, 2.75) is 0 Å². The van der Waals surface area contributed by atoms with E-state index in [9.17, 15) is 26.7 Å². The smallest absolute Gasteiger partial charge is 0.204 e. The summed E-state index contributed by atoms with van der Waals surface area (Å²) in [6.07, 6.45) is 0. The number of phenols is 1. The summed E-state index contributed by atoms with van der Waals surface area (Å²) in [5.74, 6) is -13.2. The molecule has 2 nitrogen and oxygen atoms in total. The van der Waals surface area contributed by atoms with Crippen molar-refractivity contribution in [2.24, 2.45) is 0 Å². The predicted octanol–water partition coefficient (Wildman–Crippen LogP) is 3.12. The molecule has 0 saturated carbocycles. The monoisotopic (exact) mass is 287 g/mol. The fourth-order valence-electron chi connectivity index (χ4n) is 1.53. The molecule has 2 rings (SSSR count). The SMILES string of the molecule is O=C(c1[c]cccc1F)c1c(F)c(F)c(O)c(F)c1F. The predicted molar refractivity (Wildman–Crippen MR) is 56.6 cm³/mol. The van der Waals surface area contributed by atoms with E-state index in [1.54, 1.807) is 0 Å². The number of hydrogen-bond donors (Lipinski definition) is 1. The third-order valence-corrected chi connectivity index (χ3v) is 2.50. The third kappa shape index (κ3) is 2.01. The van der Waals surface area contributed by atoms with Crippen LogP contribution in [0.3, 0.4) is 0 Å². The van der Waals surface area contributed by atoms with E-state index in [0.29, 0.717) is 0 Å². The second-order valence-corrected chi connectivity index (χ2v) is 3.70. The molecule has 1 radical (unpaired) electrons. The summed E-state index contributed by atoms with van der Waals surface area (Å²) < 4.78 is 66.5. The molecule has 0 aliphatic carbocycles. The van der Waals surface area contributed by atoms with Gasteiger partial charge in [0.1, 0.15) is 11.4 Å². The highest BCUT2D eigenvalue weighted by Crippen LogP contribution is 2.30. The molecule has 1 N–H and O–H groups in total. The van der Waals surface area contributed by atoms with Crippen LogP contribution in [0.5, 0.6) is 5.75 Å². The summed E-state index contributed by atoms with van der Waals surface area (Å²) in [4.78, 5) is 11.8. The fraction of sp³-hybridized carbons (Fsp3) is 0. The van der Waals surface area contributed by atoms with Gasteiger partial charge in [-0.25, -0.2) is 13.2 Å². The van der Waals surface area contributed by atoms with Crippen LogP contribution in [-0.4, -0.2) is 10.9 Å². The van der Waals surface area contributed by atoms with Crippen molar-refractivity contribution in [3.05, 3.63) is 64.5 Å². The van der Waals surface area contributed by atoms with Crippen LogP contribution in [0, 0.1) is 35.2 Å². The highest BCUT2D eigenvalue weighted by molar-refractivity contribution is 6.09. The van der Waals surface area contributed by atoms with Crippen molar-refractivity contribution >= 4 is 5.78 Å². The van der Waals surface area contributed by atoms with Gasteiger partial charge in [0, 0.05) is 0 Å². The van der Waals surface area contributed by atoms with E-state index in [4.69, 9.17) is 5.11 Å². The lowest BCUT2D eigenvalue weighted by Crippen LogP contribution is -2.13. The minimum atomic E-state index is -2.14. The maximum atomic E-state index is 13.5. The second-order valence-electron chi connectivity index (χ2n) is 3.70. The van der Waals surface area contributed by atoms with Gasteiger partial charge in [-0.1, -0.05) is 12.1 Å². The van der Waals surface area contributed by atoms with Crippen molar-refractivity contribution in [2.75, 3.05) is 0 Å². The molecule has 0 atom stereocenters. The van der Waals surface area contributed by atoms with Crippen LogP contribution >= 0.6 is 0 Å². The Hall–Kier alpha value is -2.44. The van der Waals surface area contributed by atoms with Gasteiger partial charge in [-0.15, -0.1) is 0 Å². The Morgan fingerprint density at radius 3 is 2.05 bits per heavy atom. The Balaban J connectivity index is 2.71. The van der Waals surface area contributed by atoms with Gasteiger partial charge in [0.05, 0.1) is 5.56 Å². The summed E-state index contributed by atoms with van der Waals surface area (Å²) in [7, 11) is 0. The van der Waals surface area contributed by atoms with Gasteiger partial charge in [-0.2, -0.15) is 8.78 Å². The third-order valence-electron chi connectivity index (χ3n) is 2.50. The van der Waals surface area contributed by atoms with Crippen LogP contribution in [-0.2, 0) is 0 Å². The van der Waals surface area contributed by atoms with Crippen LogP contribution in [0.4, 0.5) is 22.0 Å². The summed E-state index contributed by atoms with van der Waals surface area (Å²) in [6.45, 7) is 0. The number of hydrogen-bond acceptors (Lipinski definition) is 2. The molecule has 7 heteroatoms. The van der Waals surface area contributed by atoms with Gasteiger partial charge in [0.2, 0.25) is 17.4 Å². The molecule has 20 heavy (non-hydrogen) atoms. The zero-order valence-corrected chi connectivity index (χ0v) is 9.48. The first kappa shape index (κ1) is 14.0. The number of ketones is 1. The Kier molecular flexibility index (Phi) is 3.44. The van der Waals surface area contributed by atoms with Gasteiger partial charge in [-0.3, -0.25) is 4.79 Å². The maximum absolute atomic E-state index is 13.5. The Labute approximate surface area is 109 Å². The molecular weight excluding hydrogens is 283 g/mol. The number of benzene rings is 2. The van der Waals surface area contributed by atoms with Crippen LogP contribution in [0.1, 0.15) is 15.9 Å². The molecule has 2 aromatic carbocycles. The Bertz CT molecular complexity index is 683. The molecule has 0 aromatic heterocycles. The fourth-order valence-corrected chi connectivity index (χ4v) is 1.53. The van der Waals surface area contributed by atoms with E-state index in [1.807, 2.05) is 0 Å². The molecule has 0 amide bonds. The second kappa shape index (κ2) is 4.92. The van der Waals surface area contributed by atoms with Crippen LogP contribution in [0.25, 0.3) is 0 Å². The Morgan fingerprint density at radius 2 is 1.55 bits per heavy atom. The maximum Gasteiger partial charge on any atom is 0.204 e. The first-order chi connectivity index (χ1) is 9.36. The van der Waals surface area contributed by atoms with Crippen LogP contribution in [0.15, 0.2) is 18.2 Å². The van der Waals surface area contributed by atoms with Gasteiger partial charge >= 0.3 is 0 Å². The number of aromatic hydroxyl groups is 1. The lowest BCUT2D eigenvalue weighted by atomic mass is 10.0. The first-order valence-corrected chi connectivity index (χ1v) is 5.12. The van der Waals surface area contributed by atoms with Crippen molar-refractivity contribution in [3.8, 4) is 5.75 Å². The van der Waals surface area contributed by atoms with E-state index in [2.05, 4.69) is 6.07 Å². The standard InChI is InChI=1S/C13H4F5O2/c14-6-4-2-1-3-5(6)12(19)7-8(15)10(17)13(20)11(18)9(7)16/h1-2,4,20H. The number of rotatable bonds is 2. The lowest BCUT2D eigenvalue weighted by Gasteiger charge is -2.08. The summed E-state index contributed by atoms with van der Waals surface area (Å²) in [5, 5.41) is 8.78. The summed E-state index contributed by atoms with van der Waals surface area (Å²) in [6, 6.07) is 5.14. The number of phenolic OH excluding ortho intramolecular Hbond substituents is 1. The number of carbonyl (C=O) groups excluding carboxylic acids is 1. The van der Waals surface area contributed by atoms with Crippen molar-refractivity contribution in [1.29, 1.82) is 0 Å². The number of carbonyl (C=O) groups is 1. The van der Waals surface area contributed by atoms with Gasteiger partial charge < -0.3 is 5.11 Å². The van der Waals surface area contributed by atoms with E-state index in [-0.39, 0.29) is 0 Å². The minimum absolute atomic E-state index is 0.812. The largest absolute Gasteiger partial charge is 0.503 e. The van der Waals surface area contributed by atoms with Gasteiger partial charge in [0.25, 0.3) is 0 Å². The van der Waals surface area contributed by atoms with E-state index < -0.39 is 51.7 Å². The van der Waals surface area contributed by atoms with Crippen LogP contribution < -0.4 is 0 Å². The molecule has 0 aliphatic rings. The zero-order chi connectivity index (χ0) is 15.0. The normalized spacial score (nSPS) is 10.7. The van der Waals surface area contributed by atoms with E-state index >= 15 is 0 Å². The van der Waals surface area contributed by atoms with Crippen molar-refractivity contribution in [1.82, 2.24) is 0 Å². The molecular formula is C13H4F5O2. The topological polar surface area (TPSA) is 37.3 Å². The molecule has 2 aromatic rings. The summed E-state index contributed by atoms with van der Waals surface area (Å²) >= 11 is 0. The van der Waals surface area contributed by atoms with Gasteiger partial charge in [0.15, 0.2) is 17.4 Å². The molecule has 0 heterocycles. The zero-order valence-electron chi connectivity index (χ0n) is 9.48. The molecule has 0 saturated heterocycles. The average molecular weight is 287 g/mol. The van der Waals surface area contributed by atoms with Gasteiger partial charge in [-0.05, 0) is 12.1 Å². The molecule has 0 bridgehead atoms. The first-order valence-electron chi connectivity index (χ1n) is 5.12.